The Hall–Kier alpha value is -1.19. The molecule has 1 heterocycles. The standard InChI is InChI=1S/C12H23N3O5S/c1-20-8-5-13-11(16)12(17)14-9-10-3-6-15(7-4-10)21(2,18)19/h10H,3-9H2,1-2H3,(H,13,16)(H,14,17). The summed E-state index contributed by atoms with van der Waals surface area (Å²) in [4.78, 5) is 22.9. The van der Waals surface area contributed by atoms with E-state index in [1.165, 1.54) is 17.7 Å². The summed E-state index contributed by atoms with van der Waals surface area (Å²) in [5, 5.41) is 5.01. The van der Waals surface area contributed by atoms with Crippen molar-refractivity contribution in [2.24, 2.45) is 5.92 Å². The first-order chi connectivity index (χ1) is 9.84. The third-order valence-electron chi connectivity index (χ3n) is 3.39. The van der Waals surface area contributed by atoms with Gasteiger partial charge in [-0.1, -0.05) is 0 Å². The van der Waals surface area contributed by atoms with Gasteiger partial charge in [-0.2, -0.15) is 0 Å². The molecule has 0 aromatic carbocycles. The number of carbonyl (C=O) groups is 2. The molecule has 0 radical (unpaired) electrons. The molecule has 1 aliphatic heterocycles. The fourth-order valence-electron chi connectivity index (χ4n) is 2.11. The van der Waals surface area contributed by atoms with Crippen LogP contribution in [0.2, 0.25) is 0 Å². The van der Waals surface area contributed by atoms with E-state index in [1.54, 1.807) is 0 Å². The third-order valence-corrected chi connectivity index (χ3v) is 4.69. The van der Waals surface area contributed by atoms with E-state index in [0.717, 1.165) is 0 Å². The van der Waals surface area contributed by atoms with Crippen molar-refractivity contribution in [1.82, 2.24) is 14.9 Å². The van der Waals surface area contributed by atoms with Gasteiger partial charge in [0.2, 0.25) is 10.0 Å². The van der Waals surface area contributed by atoms with Gasteiger partial charge >= 0.3 is 11.8 Å². The highest BCUT2D eigenvalue weighted by atomic mass is 32.2. The molecule has 1 aliphatic rings. The van der Waals surface area contributed by atoms with Crippen LogP contribution in [0.15, 0.2) is 0 Å². The Morgan fingerprint density at radius 3 is 2.29 bits per heavy atom. The molecule has 0 spiro atoms. The highest BCUT2D eigenvalue weighted by Gasteiger charge is 2.25. The number of hydrogen-bond donors (Lipinski definition) is 2. The third kappa shape index (κ3) is 6.40. The zero-order valence-electron chi connectivity index (χ0n) is 12.4. The fraction of sp³-hybridized carbons (Fsp3) is 0.833. The van der Waals surface area contributed by atoms with E-state index < -0.39 is 21.8 Å². The molecule has 0 saturated carbocycles. The number of carbonyl (C=O) groups excluding carboxylic acids is 2. The van der Waals surface area contributed by atoms with E-state index in [9.17, 15) is 18.0 Å². The summed E-state index contributed by atoms with van der Waals surface area (Å²) in [5.74, 6) is -1.16. The Morgan fingerprint density at radius 1 is 1.19 bits per heavy atom. The van der Waals surface area contributed by atoms with Gasteiger partial charge in [-0.3, -0.25) is 9.59 Å². The molecular formula is C12H23N3O5S. The van der Waals surface area contributed by atoms with Gasteiger partial charge in [-0.15, -0.1) is 0 Å². The largest absolute Gasteiger partial charge is 0.383 e. The first-order valence-electron chi connectivity index (χ1n) is 6.84. The van der Waals surface area contributed by atoms with Crippen molar-refractivity contribution in [2.45, 2.75) is 12.8 Å². The zero-order valence-corrected chi connectivity index (χ0v) is 13.2. The van der Waals surface area contributed by atoms with Crippen molar-refractivity contribution in [3.8, 4) is 0 Å². The van der Waals surface area contributed by atoms with Gasteiger partial charge in [0, 0.05) is 33.3 Å². The predicted octanol–water partition coefficient (Wildman–Crippen LogP) is -1.46. The van der Waals surface area contributed by atoms with Crippen LogP contribution >= 0.6 is 0 Å². The molecule has 21 heavy (non-hydrogen) atoms. The minimum Gasteiger partial charge on any atom is -0.383 e. The number of rotatable bonds is 6. The maximum Gasteiger partial charge on any atom is 0.309 e. The minimum absolute atomic E-state index is 0.193. The molecule has 9 heteroatoms. The van der Waals surface area contributed by atoms with Gasteiger partial charge in [0.1, 0.15) is 0 Å². The van der Waals surface area contributed by atoms with Crippen LogP contribution < -0.4 is 10.6 Å². The number of piperidine rings is 1. The average Bonchev–Trinajstić information content (AvgIpc) is 2.44. The van der Waals surface area contributed by atoms with Crippen LogP contribution in [-0.4, -0.2) is 70.7 Å². The van der Waals surface area contributed by atoms with Crippen LogP contribution in [0.3, 0.4) is 0 Å². The summed E-state index contributed by atoms with van der Waals surface area (Å²) in [6, 6.07) is 0. The Kier molecular flexibility index (Phi) is 7.06. The summed E-state index contributed by atoms with van der Waals surface area (Å²) < 4.78 is 28.9. The maximum absolute atomic E-state index is 11.5. The summed E-state index contributed by atoms with van der Waals surface area (Å²) in [7, 11) is -1.63. The lowest BCUT2D eigenvalue weighted by Crippen LogP contribution is -2.45. The number of nitrogens with one attached hydrogen (secondary N) is 2. The predicted molar refractivity (Wildman–Crippen MR) is 77.0 cm³/mol. The topological polar surface area (TPSA) is 105 Å². The van der Waals surface area contributed by atoms with E-state index in [4.69, 9.17) is 4.74 Å². The van der Waals surface area contributed by atoms with Gasteiger partial charge in [0.25, 0.3) is 0 Å². The second-order valence-corrected chi connectivity index (χ2v) is 7.05. The Labute approximate surface area is 125 Å². The number of methoxy groups -OCH3 is 1. The highest BCUT2D eigenvalue weighted by Crippen LogP contribution is 2.18. The van der Waals surface area contributed by atoms with E-state index >= 15 is 0 Å². The molecule has 1 fully saturated rings. The van der Waals surface area contributed by atoms with Gasteiger partial charge in [-0.25, -0.2) is 12.7 Å². The lowest BCUT2D eigenvalue weighted by Gasteiger charge is -2.30. The minimum atomic E-state index is -3.14. The number of nitrogens with zero attached hydrogens (tertiary/aromatic N) is 1. The molecule has 0 atom stereocenters. The van der Waals surface area contributed by atoms with Crippen molar-refractivity contribution in [3.05, 3.63) is 0 Å². The molecule has 1 saturated heterocycles. The van der Waals surface area contributed by atoms with Crippen molar-refractivity contribution < 1.29 is 22.7 Å². The number of ether oxygens (including phenoxy) is 1. The Bertz CT molecular complexity index is 458. The zero-order chi connectivity index (χ0) is 15.9. The summed E-state index contributed by atoms with van der Waals surface area (Å²) in [6.45, 7) is 1.94. The van der Waals surface area contributed by atoms with Crippen LogP contribution in [0.5, 0.6) is 0 Å². The molecule has 0 bridgehead atoms. The van der Waals surface area contributed by atoms with Crippen molar-refractivity contribution in [3.63, 3.8) is 0 Å². The second-order valence-electron chi connectivity index (χ2n) is 5.06. The van der Waals surface area contributed by atoms with Crippen molar-refractivity contribution in [1.29, 1.82) is 0 Å². The van der Waals surface area contributed by atoms with Crippen LogP contribution in [0, 0.1) is 5.92 Å². The molecule has 1 rings (SSSR count). The first-order valence-corrected chi connectivity index (χ1v) is 8.69. The first kappa shape index (κ1) is 17.9. The summed E-state index contributed by atoms with van der Waals surface area (Å²) in [5.41, 5.74) is 0. The van der Waals surface area contributed by atoms with Gasteiger partial charge < -0.3 is 15.4 Å². The molecule has 0 unspecified atom stereocenters. The molecule has 8 nitrogen and oxygen atoms in total. The molecule has 122 valence electrons. The second kappa shape index (κ2) is 8.30. The average molecular weight is 321 g/mol. The van der Waals surface area contributed by atoms with Crippen molar-refractivity contribution in [2.75, 3.05) is 46.2 Å². The highest BCUT2D eigenvalue weighted by molar-refractivity contribution is 7.88. The summed E-state index contributed by atoms with van der Waals surface area (Å²) in [6.07, 6.45) is 2.55. The smallest absolute Gasteiger partial charge is 0.309 e. The van der Waals surface area contributed by atoms with Crippen LogP contribution in [0.1, 0.15) is 12.8 Å². The summed E-state index contributed by atoms with van der Waals surface area (Å²) >= 11 is 0. The quantitative estimate of drug-likeness (QED) is 0.459. The monoisotopic (exact) mass is 321 g/mol. The normalized spacial score (nSPS) is 17.4. The number of amides is 2. The van der Waals surface area contributed by atoms with Gasteiger partial charge in [0.15, 0.2) is 0 Å². The fourth-order valence-corrected chi connectivity index (χ4v) is 2.98. The number of hydrogen-bond acceptors (Lipinski definition) is 5. The Morgan fingerprint density at radius 2 is 1.76 bits per heavy atom. The molecule has 0 aliphatic carbocycles. The lowest BCUT2D eigenvalue weighted by atomic mass is 9.98. The van der Waals surface area contributed by atoms with Crippen molar-refractivity contribution >= 4 is 21.8 Å². The van der Waals surface area contributed by atoms with Crippen LogP contribution in [0.4, 0.5) is 0 Å². The van der Waals surface area contributed by atoms with E-state index in [1.807, 2.05) is 0 Å². The van der Waals surface area contributed by atoms with E-state index in [0.29, 0.717) is 39.1 Å². The van der Waals surface area contributed by atoms with E-state index in [2.05, 4.69) is 10.6 Å². The molecule has 2 amide bonds. The molecule has 0 aromatic rings. The van der Waals surface area contributed by atoms with Gasteiger partial charge in [-0.05, 0) is 18.8 Å². The van der Waals surface area contributed by atoms with Crippen LogP contribution in [0.25, 0.3) is 0 Å². The van der Waals surface area contributed by atoms with Gasteiger partial charge in [0.05, 0.1) is 12.9 Å². The van der Waals surface area contributed by atoms with E-state index in [-0.39, 0.29) is 12.5 Å². The molecular weight excluding hydrogens is 298 g/mol. The SMILES string of the molecule is COCCNC(=O)C(=O)NCC1CCN(S(C)(=O)=O)CC1. The number of sulfonamides is 1. The molecule has 2 N–H and O–H groups in total. The maximum atomic E-state index is 11.5. The Balaban J connectivity index is 2.24. The van der Waals surface area contributed by atoms with Crippen LogP contribution in [-0.2, 0) is 24.3 Å². The molecule has 0 aromatic heterocycles. The lowest BCUT2D eigenvalue weighted by molar-refractivity contribution is -0.139.